The standard InChI is InChI=1S/C21H24O6/c1-21(2,25)9-8-14-15(22)10-16(23)19-17(24)11-18(27-20(14)19)12-4-6-13(26-3)7-5-12/h4-7,10,18,22-23,25H,8-9,11H2,1-3H3. The number of hydrogen-bond donors (Lipinski definition) is 3. The summed E-state index contributed by atoms with van der Waals surface area (Å²) in [7, 11) is 1.58. The molecule has 1 heterocycles. The quantitative estimate of drug-likeness (QED) is 0.743. The molecule has 0 amide bonds. The van der Waals surface area contributed by atoms with Crippen LogP contribution in [-0.4, -0.2) is 33.8 Å². The molecular weight excluding hydrogens is 348 g/mol. The van der Waals surface area contributed by atoms with Gasteiger partial charge < -0.3 is 24.8 Å². The number of carbonyl (C=O) groups is 1. The Bertz CT molecular complexity index is 848. The third-order valence-electron chi connectivity index (χ3n) is 4.72. The maximum absolute atomic E-state index is 12.7. The van der Waals surface area contributed by atoms with Crippen molar-refractivity contribution in [2.45, 2.75) is 44.8 Å². The molecule has 2 aromatic rings. The van der Waals surface area contributed by atoms with E-state index < -0.39 is 11.7 Å². The topological polar surface area (TPSA) is 96.2 Å². The number of fused-ring (bicyclic) bond motifs is 1. The Balaban J connectivity index is 1.99. The van der Waals surface area contributed by atoms with Crippen LogP contribution in [0.25, 0.3) is 0 Å². The fourth-order valence-electron chi connectivity index (χ4n) is 3.20. The second-order valence-electron chi connectivity index (χ2n) is 7.42. The summed E-state index contributed by atoms with van der Waals surface area (Å²) in [4.78, 5) is 12.7. The SMILES string of the molecule is COc1ccc(C2CC(=O)c3c(O)cc(O)c(CCC(C)(C)O)c3O2)cc1. The Morgan fingerprint density at radius 3 is 2.44 bits per heavy atom. The third-order valence-corrected chi connectivity index (χ3v) is 4.72. The van der Waals surface area contributed by atoms with E-state index >= 15 is 0 Å². The first-order valence-electron chi connectivity index (χ1n) is 8.83. The summed E-state index contributed by atoms with van der Waals surface area (Å²) in [6.45, 7) is 3.34. The highest BCUT2D eigenvalue weighted by Crippen LogP contribution is 2.46. The molecule has 0 saturated heterocycles. The molecule has 27 heavy (non-hydrogen) atoms. The van der Waals surface area contributed by atoms with E-state index in [1.54, 1.807) is 33.1 Å². The van der Waals surface area contributed by atoms with Gasteiger partial charge in [0.2, 0.25) is 0 Å². The zero-order chi connectivity index (χ0) is 19.8. The van der Waals surface area contributed by atoms with Crippen molar-refractivity contribution in [1.29, 1.82) is 0 Å². The molecule has 1 unspecified atom stereocenters. The maximum Gasteiger partial charge on any atom is 0.174 e. The highest BCUT2D eigenvalue weighted by atomic mass is 16.5. The van der Waals surface area contributed by atoms with Crippen LogP contribution in [0.15, 0.2) is 30.3 Å². The molecule has 0 radical (unpaired) electrons. The lowest BCUT2D eigenvalue weighted by atomic mass is 9.90. The molecule has 144 valence electrons. The number of ether oxygens (including phenoxy) is 2. The number of carbonyl (C=O) groups excluding carboxylic acids is 1. The van der Waals surface area contributed by atoms with E-state index in [9.17, 15) is 20.1 Å². The second-order valence-corrected chi connectivity index (χ2v) is 7.42. The zero-order valence-electron chi connectivity index (χ0n) is 15.7. The molecule has 0 fully saturated rings. The Morgan fingerprint density at radius 1 is 1.19 bits per heavy atom. The average Bonchev–Trinajstić information content (AvgIpc) is 2.59. The predicted molar refractivity (Wildman–Crippen MR) is 99.7 cm³/mol. The number of ketones is 1. The minimum absolute atomic E-state index is 0.0859. The summed E-state index contributed by atoms with van der Waals surface area (Å²) in [6.07, 6.45) is 0.226. The fourth-order valence-corrected chi connectivity index (χ4v) is 3.20. The lowest BCUT2D eigenvalue weighted by Crippen LogP contribution is -2.23. The van der Waals surface area contributed by atoms with Crippen LogP contribution in [-0.2, 0) is 6.42 Å². The summed E-state index contributed by atoms with van der Waals surface area (Å²) in [5.74, 6) is 0.182. The molecule has 0 bridgehead atoms. The fraction of sp³-hybridized carbons (Fsp3) is 0.381. The Hall–Kier alpha value is -2.73. The Labute approximate surface area is 158 Å². The van der Waals surface area contributed by atoms with Crippen LogP contribution >= 0.6 is 0 Å². The number of rotatable bonds is 5. The molecule has 1 aliphatic rings. The van der Waals surface area contributed by atoms with Crippen molar-refractivity contribution in [3.63, 3.8) is 0 Å². The van der Waals surface area contributed by atoms with Crippen LogP contribution in [0, 0.1) is 0 Å². The van der Waals surface area contributed by atoms with Crippen molar-refractivity contribution in [3.8, 4) is 23.0 Å². The van der Waals surface area contributed by atoms with Gasteiger partial charge in [-0.2, -0.15) is 0 Å². The number of aromatic hydroxyl groups is 2. The highest BCUT2D eigenvalue weighted by molar-refractivity contribution is 6.03. The van der Waals surface area contributed by atoms with Gasteiger partial charge in [0, 0.05) is 11.6 Å². The number of benzene rings is 2. The molecule has 6 nitrogen and oxygen atoms in total. The first-order valence-corrected chi connectivity index (χ1v) is 8.83. The minimum Gasteiger partial charge on any atom is -0.507 e. The number of phenolic OH excluding ortho intramolecular Hbond substituents is 2. The van der Waals surface area contributed by atoms with E-state index in [1.807, 2.05) is 12.1 Å². The van der Waals surface area contributed by atoms with Crippen LogP contribution in [0.3, 0.4) is 0 Å². The monoisotopic (exact) mass is 372 g/mol. The van der Waals surface area contributed by atoms with E-state index in [2.05, 4.69) is 0 Å². The first-order chi connectivity index (χ1) is 12.7. The lowest BCUT2D eigenvalue weighted by molar-refractivity contribution is 0.0706. The van der Waals surface area contributed by atoms with Gasteiger partial charge in [-0.15, -0.1) is 0 Å². The first kappa shape index (κ1) is 19.0. The van der Waals surface area contributed by atoms with Crippen molar-refractivity contribution in [3.05, 3.63) is 47.0 Å². The van der Waals surface area contributed by atoms with Gasteiger partial charge in [0.15, 0.2) is 5.78 Å². The molecule has 1 aliphatic heterocycles. The number of hydrogen-bond acceptors (Lipinski definition) is 6. The smallest absolute Gasteiger partial charge is 0.174 e. The number of methoxy groups -OCH3 is 1. The van der Waals surface area contributed by atoms with Crippen LogP contribution < -0.4 is 9.47 Å². The number of phenols is 2. The van der Waals surface area contributed by atoms with Crippen LogP contribution in [0.5, 0.6) is 23.0 Å². The van der Waals surface area contributed by atoms with E-state index in [1.165, 1.54) is 0 Å². The highest BCUT2D eigenvalue weighted by Gasteiger charge is 2.34. The molecule has 3 N–H and O–H groups in total. The maximum atomic E-state index is 12.7. The molecule has 0 spiro atoms. The van der Waals surface area contributed by atoms with E-state index in [0.717, 1.165) is 11.6 Å². The molecule has 6 heteroatoms. The Kier molecular flexibility index (Phi) is 5.02. The summed E-state index contributed by atoms with van der Waals surface area (Å²) in [5, 5.41) is 30.5. The zero-order valence-corrected chi connectivity index (χ0v) is 15.7. The lowest BCUT2D eigenvalue weighted by Gasteiger charge is -2.29. The van der Waals surface area contributed by atoms with Gasteiger partial charge in [-0.3, -0.25) is 4.79 Å². The van der Waals surface area contributed by atoms with Crippen molar-refractivity contribution in [2.24, 2.45) is 0 Å². The summed E-state index contributed by atoms with van der Waals surface area (Å²) in [6, 6.07) is 8.37. The molecular formula is C21H24O6. The summed E-state index contributed by atoms with van der Waals surface area (Å²) < 4.78 is 11.2. The predicted octanol–water partition coefficient (Wildman–Crippen LogP) is 3.52. The van der Waals surface area contributed by atoms with Gasteiger partial charge in [0.05, 0.1) is 19.1 Å². The van der Waals surface area contributed by atoms with Crippen molar-refractivity contribution in [2.75, 3.05) is 7.11 Å². The van der Waals surface area contributed by atoms with Crippen molar-refractivity contribution < 1.29 is 29.6 Å². The van der Waals surface area contributed by atoms with E-state index in [0.29, 0.717) is 24.2 Å². The van der Waals surface area contributed by atoms with Gasteiger partial charge in [-0.25, -0.2) is 0 Å². The molecule has 2 aromatic carbocycles. The minimum atomic E-state index is -0.939. The number of aliphatic hydroxyl groups is 1. The van der Waals surface area contributed by atoms with Crippen molar-refractivity contribution in [1.82, 2.24) is 0 Å². The van der Waals surface area contributed by atoms with Gasteiger partial charge in [-0.05, 0) is 44.4 Å². The molecule has 0 aliphatic carbocycles. The largest absolute Gasteiger partial charge is 0.507 e. The van der Waals surface area contributed by atoms with E-state index in [-0.39, 0.29) is 35.0 Å². The summed E-state index contributed by atoms with van der Waals surface area (Å²) in [5.41, 5.74) is 0.358. The van der Waals surface area contributed by atoms with Crippen molar-refractivity contribution >= 4 is 5.78 Å². The van der Waals surface area contributed by atoms with Gasteiger partial charge in [0.25, 0.3) is 0 Å². The number of Topliss-reactive ketones (excluding diaryl/α,β-unsaturated/α-hetero) is 1. The second kappa shape index (κ2) is 7.12. The van der Waals surface area contributed by atoms with Gasteiger partial charge in [0.1, 0.15) is 34.7 Å². The summed E-state index contributed by atoms with van der Waals surface area (Å²) >= 11 is 0. The van der Waals surface area contributed by atoms with Crippen LogP contribution in [0.2, 0.25) is 0 Å². The normalized spacial score (nSPS) is 16.6. The molecule has 0 saturated carbocycles. The molecule has 0 aromatic heterocycles. The molecule has 3 rings (SSSR count). The third kappa shape index (κ3) is 4.01. The van der Waals surface area contributed by atoms with Crippen LogP contribution in [0.1, 0.15) is 54.3 Å². The van der Waals surface area contributed by atoms with Gasteiger partial charge in [-0.1, -0.05) is 12.1 Å². The molecule has 1 atom stereocenters. The van der Waals surface area contributed by atoms with E-state index in [4.69, 9.17) is 9.47 Å². The van der Waals surface area contributed by atoms with Crippen LogP contribution in [0.4, 0.5) is 0 Å². The van der Waals surface area contributed by atoms with Gasteiger partial charge >= 0.3 is 0 Å². The Morgan fingerprint density at radius 2 is 1.85 bits per heavy atom. The average molecular weight is 372 g/mol.